The van der Waals surface area contributed by atoms with Gasteiger partial charge >= 0.3 is 0 Å². The van der Waals surface area contributed by atoms with Crippen LogP contribution in [0.4, 0.5) is 4.39 Å². The van der Waals surface area contributed by atoms with Crippen LogP contribution in [0.3, 0.4) is 0 Å². The van der Waals surface area contributed by atoms with E-state index in [-0.39, 0.29) is 11.7 Å². The standard InChI is InChI=1S/C14H12Br2FN/c15-7-11(13-3-1-2-4-14(13)17)5-10-6-12(16)9-18-8-10/h1-4,6,8-9,11H,5,7H2. The fraction of sp³-hybridized carbons (Fsp3) is 0.214. The number of rotatable bonds is 4. The highest BCUT2D eigenvalue weighted by Crippen LogP contribution is 2.25. The molecule has 0 saturated carbocycles. The minimum atomic E-state index is -0.148. The lowest BCUT2D eigenvalue weighted by molar-refractivity contribution is 0.590. The summed E-state index contributed by atoms with van der Waals surface area (Å²) < 4.78 is 14.7. The minimum absolute atomic E-state index is 0.113. The van der Waals surface area contributed by atoms with E-state index in [4.69, 9.17) is 0 Å². The van der Waals surface area contributed by atoms with Crippen LogP contribution in [0.25, 0.3) is 0 Å². The Balaban J connectivity index is 2.23. The monoisotopic (exact) mass is 371 g/mol. The third-order valence-electron chi connectivity index (χ3n) is 2.77. The van der Waals surface area contributed by atoms with E-state index in [1.165, 1.54) is 6.07 Å². The summed E-state index contributed by atoms with van der Waals surface area (Å²) in [6.07, 6.45) is 4.33. The third kappa shape index (κ3) is 3.39. The van der Waals surface area contributed by atoms with E-state index >= 15 is 0 Å². The number of hydrogen-bond donors (Lipinski definition) is 0. The summed E-state index contributed by atoms with van der Waals surface area (Å²) in [4.78, 5) is 4.13. The molecule has 1 aromatic carbocycles. The van der Waals surface area contributed by atoms with Gasteiger partial charge in [0.1, 0.15) is 5.82 Å². The molecule has 0 fully saturated rings. The molecule has 0 radical (unpaired) electrons. The zero-order valence-electron chi connectivity index (χ0n) is 9.61. The average molecular weight is 373 g/mol. The van der Waals surface area contributed by atoms with E-state index in [1.54, 1.807) is 12.3 Å². The molecule has 2 rings (SSSR count). The van der Waals surface area contributed by atoms with Gasteiger partial charge in [0.05, 0.1) is 0 Å². The molecule has 1 nitrogen and oxygen atoms in total. The van der Waals surface area contributed by atoms with Crippen molar-refractivity contribution in [2.45, 2.75) is 12.3 Å². The highest BCUT2D eigenvalue weighted by Gasteiger charge is 2.15. The molecule has 1 heterocycles. The van der Waals surface area contributed by atoms with Crippen molar-refractivity contribution in [3.63, 3.8) is 0 Å². The van der Waals surface area contributed by atoms with Crippen LogP contribution in [0.1, 0.15) is 17.0 Å². The van der Waals surface area contributed by atoms with Gasteiger partial charge in [-0.05, 0) is 45.6 Å². The van der Waals surface area contributed by atoms with Crippen LogP contribution in [-0.4, -0.2) is 10.3 Å². The molecule has 0 aliphatic rings. The van der Waals surface area contributed by atoms with Crippen LogP contribution >= 0.6 is 31.9 Å². The van der Waals surface area contributed by atoms with Gasteiger partial charge in [-0.15, -0.1) is 0 Å². The van der Waals surface area contributed by atoms with Crippen molar-refractivity contribution in [1.82, 2.24) is 4.98 Å². The number of nitrogens with zero attached hydrogens (tertiary/aromatic N) is 1. The van der Waals surface area contributed by atoms with Crippen molar-refractivity contribution >= 4 is 31.9 Å². The fourth-order valence-electron chi connectivity index (χ4n) is 1.91. The molecule has 1 aromatic heterocycles. The Bertz CT molecular complexity index is 531. The number of alkyl halides is 1. The largest absolute Gasteiger partial charge is 0.263 e. The molecule has 0 saturated heterocycles. The van der Waals surface area contributed by atoms with Crippen molar-refractivity contribution in [3.05, 3.63) is 64.1 Å². The fourth-order valence-corrected chi connectivity index (χ4v) is 2.90. The smallest absolute Gasteiger partial charge is 0.126 e. The first-order valence-corrected chi connectivity index (χ1v) is 7.52. The first-order chi connectivity index (χ1) is 8.70. The predicted octanol–water partition coefficient (Wildman–Crippen LogP) is 4.70. The molecular formula is C14H12Br2FN. The van der Waals surface area contributed by atoms with Gasteiger partial charge in [-0.3, -0.25) is 4.98 Å². The first-order valence-electron chi connectivity index (χ1n) is 5.60. The van der Waals surface area contributed by atoms with Crippen LogP contribution in [0.5, 0.6) is 0 Å². The van der Waals surface area contributed by atoms with Crippen LogP contribution in [-0.2, 0) is 6.42 Å². The van der Waals surface area contributed by atoms with Crippen molar-refractivity contribution in [3.8, 4) is 0 Å². The number of hydrogen-bond acceptors (Lipinski definition) is 1. The van der Waals surface area contributed by atoms with Gasteiger partial charge < -0.3 is 0 Å². The molecule has 18 heavy (non-hydrogen) atoms. The maximum atomic E-state index is 13.8. The Morgan fingerprint density at radius 3 is 2.67 bits per heavy atom. The van der Waals surface area contributed by atoms with E-state index in [9.17, 15) is 4.39 Å². The van der Waals surface area contributed by atoms with Crippen LogP contribution in [0.2, 0.25) is 0 Å². The normalized spacial score (nSPS) is 12.4. The van der Waals surface area contributed by atoms with Gasteiger partial charge in [-0.1, -0.05) is 34.1 Å². The van der Waals surface area contributed by atoms with E-state index < -0.39 is 0 Å². The molecule has 0 spiro atoms. The molecule has 0 amide bonds. The molecule has 1 atom stereocenters. The van der Waals surface area contributed by atoms with E-state index in [2.05, 4.69) is 36.8 Å². The maximum Gasteiger partial charge on any atom is 0.126 e. The lowest BCUT2D eigenvalue weighted by atomic mass is 9.94. The Labute approximate surface area is 123 Å². The Kier molecular flexibility index (Phi) is 4.89. The van der Waals surface area contributed by atoms with Gasteiger partial charge in [0, 0.05) is 28.1 Å². The first kappa shape index (κ1) is 13.7. The molecule has 0 aliphatic carbocycles. The van der Waals surface area contributed by atoms with Gasteiger partial charge in [0.25, 0.3) is 0 Å². The van der Waals surface area contributed by atoms with Gasteiger partial charge in [-0.2, -0.15) is 0 Å². The highest BCUT2D eigenvalue weighted by molar-refractivity contribution is 9.10. The van der Waals surface area contributed by atoms with Crippen LogP contribution in [0.15, 0.2) is 47.2 Å². The summed E-state index contributed by atoms with van der Waals surface area (Å²) in [6.45, 7) is 0. The SMILES string of the molecule is Fc1ccccc1C(CBr)Cc1cncc(Br)c1. The summed E-state index contributed by atoms with van der Waals surface area (Å²) in [7, 11) is 0. The van der Waals surface area contributed by atoms with Crippen molar-refractivity contribution < 1.29 is 4.39 Å². The second kappa shape index (κ2) is 6.43. The van der Waals surface area contributed by atoms with E-state index in [0.717, 1.165) is 27.4 Å². The zero-order valence-corrected chi connectivity index (χ0v) is 12.8. The molecule has 1 unspecified atom stereocenters. The van der Waals surface area contributed by atoms with E-state index in [0.29, 0.717) is 0 Å². The number of halogens is 3. The topological polar surface area (TPSA) is 12.9 Å². The van der Waals surface area contributed by atoms with E-state index in [1.807, 2.05) is 24.4 Å². The molecule has 2 aromatic rings. The summed E-state index contributed by atoms with van der Waals surface area (Å²) in [5.74, 6) is -0.0350. The summed E-state index contributed by atoms with van der Waals surface area (Å²) in [5.41, 5.74) is 1.84. The summed E-state index contributed by atoms with van der Waals surface area (Å²) in [5, 5.41) is 0.723. The van der Waals surface area contributed by atoms with Crippen molar-refractivity contribution in [2.75, 3.05) is 5.33 Å². The maximum absolute atomic E-state index is 13.8. The summed E-state index contributed by atoms with van der Waals surface area (Å²) in [6, 6.07) is 8.94. The average Bonchev–Trinajstić information content (AvgIpc) is 2.37. The molecule has 0 bridgehead atoms. The number of aromatic nitrogens is 1. The number of benzene rings is 1. The lowest BCUT2D eigenvalue weighted by Gasteiger charge is -2.15. The Morgan fingerprint density at radius 1 is 1.22 bits per heavy atom. The molecular weight excluding hydrogens is 361 g/mol. The molecule has 0 N–H and O–H groups in total. The third-order valence-corrected chi connectivity index (χ3v) is 3.99. The van der Waals surface area contributed by atoms with Gasteiger partial charge in [0.15, 0.2) is 0 Å². The highest BCUT2D eigenvalue weighted by atomic mass is 79.9. The zero-order chi connectivity index (χ0) is 13.0. The van der Waals surface area contributed by atoms with Gasteiger partial charge in [-0.25, -0.2) is 4.39 Å². The number of pyridine rings is 1. The molecule has 94 valence electrons. The Morgan fingerprint density at radius 2 is 2.00 bits per heavy atom. The van der Waals surface area contributed by atoms with Gasteiger partial charge in [0.2, 0.25) is 0 Å². The predicted molar refractivity (Wildman–Crippen MR) is 78.6 cm³/mol. The van der Waals surface area contributed by atoms with Crippen LogP contribution < -0.4 is 0 Å². The summed E-state index contributed by atoms with van der Waals surface area (Å²) >= 11 is 6.86. The second-order valence-electron chi connectivity index (χ2n) is 4.09. The van der Waals surface area contributed by atoms with Crippen molar-refractivity contribution in [2.24, 2.45) is 0 Å². The van der Waals surface area contributed by atoms with Crippen molar-refractivity contribution in [1.29, 1.82) is 0 Å². The minimum Gasteiger partial charge on any atom is -0.263 e. The lowest BCUT2D eigenvalue weighted by Crippen LogP contribution is -2.07. The molecule has 4 heteroatoms. The molecule has 0 aliphatic heterocycles. The van der Waals surface area contributed by atoms with Crippen LogP contribution in [0, 0.1) is 5.82 Å². The second-order valence-corrected chi connectivity index (χ2v) is 5.65. The quantitative estimate of drug-likeness (QED) is 0.708. The Hall–Kier alpha value is -0.740.